The molecule has 3 aromatic rings. The number of carbonyl (C=O) groups excluding carboxylic acids is 2. The molecule has 0 radical (unpaired) electrons. The Bertz CT molecular complexity index is 1200. The molecule has 0 aliphatic carbocycles. The van der Waals surface area contributed by atoms with E-state index in [1.165, 1.54) is 12.1 Å². The minimum absolute atomic E-state index is 0.0937. The lowest BCUT2D eigenvalue weighted by Crippen LogP contribution is -2.52. The molecular weight excluding hydrogens is 453 g/mol. The van der Waals surface area contributed by atoms with Gasteiger partial charge in [0.05, 0.1) is 22.5 Å². The van der Waals surface area contributed by atoms with Crippen LogP contribution in [0.1, 0.15) is 45.0 Å². The van der Waals surface area contributed by atoms with Gasteiger partial charge in [0.15, 0.2) is 0 Å². The first-order valence-electron chi connectivity index (χ1n) is 11.4. The third-order valence-corrected chi connectivity index (χ3v) is 6.94. The highest BCUT2D eigenvalue weighted by molar-refractivity contribution is 6.20. The zero-order chi connectivity index (χ0) is 24.6. The van der Waals surface area contributed by atoms with Crippen molar-refractivity contribution in [2.75, 3.05) is 17.3 Å². The topological polar surface area (TPSA) is 45.6 Å². The number of halogens is 2. The van der Waals surface area contributed by atoms with Crippen molar-refractivity contribution in [3.8, 4) is 5.69 Å². The lowest BCUT2D eigenvalue weighted by Gasteiger charge is -2.40. The molecule has 7 heteroatoms. The summed E-state index contributed by atoms with van der Waals surface area (Å²) in [5.41, 5.74) is 2.49. The van der Waals surface area contributed by atoms with Gasteiger partial charge in [-0.3, -0.25) is 14.5 Å². The Hall–Kier alpha value is -3.12. The summed E-state index contributed by atoms with van der Waals surface area (Å²) in [4.78, 5) is 30.6. The van der Waals surface area contributed by atoms with Crippen LogP contribution in [-0.2, 0) is 9.59 Å². The van der Waals surface area contributed by atoms with Gasteiger partial charge in [-0.1, -0.05) is 24.3 Å². The van der Waals surface area contributed by atoms with E-state index >= 15 is 0 Å². The van der Waals surface area contributed by atoms with Crippen LogP contribution in [0.25, 0.3) is 5.69 Å². The van der Waals surface area contributed by atoms with E-state index in [9.17, 15) is 14.0 Å². The fourth-order valence-corrected chi connectivity index (χ4v) is 4.49. The van der Waals surface area contributed by atoms with Gasteiger partial charge in [0.25, 0.3) is 0 Å². The fraction of sp³-hybridized carbons (Fsp3) is 0.333. The Morgan fingerprint density at radius 3 is 2.29 bits per heavy atom. The number of fused-ring (bicyclic) bond motifs is 3. The molecule has 0 saturated carbocycles. The van der Waals surface area contributed by atoms with Crippen LogP contribution in [0.4, 0.5) is 10.1 Å². The number of anilines is 1. The van der Waals surface area contributed by atoms with E-state index in [-0.39, 0.29) is 36.1 Å². The second kappa shape index (κ2) is 9.26. The van der Waals surface area contributed by atoms with Gasteiger partial charge in [0.2, 0.25) is 11.8 Å². The first-order chi connectivity index (χ1) is 16.2. The maximum atomic E-state index is 14.0. The Morgan fingerprint density at radius 2 is 1.68 bits per heavy atom. The number of nitrogens with zero attached hydrogens (tertiary/aromatic N) is 3. The Kier molecular flexibility index (Phi) is 6.54. The minimum atomic E-state index is -0.795. The van der Waals surface area contributed by atoms with Crippen molar-refractivity contribution in [1.82, 2.24) is 9.47 Å². The number of hydrogen-bond donors (Lipinski definition) is 0. The molecule has 34 heavy (non-hydrogen) atoms. The van der Waals surface area contributed by atoms with Crippen LogP contribution in [-0.4, -0.2) is 39.7 Å². The molecule has 0 bridgehead atoms. The highest BCUT2D eigenvalue weighted by Gasteiger charge is 2.39. The molecule has 0 fully saturated rings. The van der Waals surface area contributed by atoms with Gasteiger partial charge in [-0.25, -0.2) is 4.39 Å². The molecule has 1 aliphatic rings. The second-order valence-corrected chi connectivity index (χ2v) is 9.82. The van der Waals surface area contributed by atoms with Crippen LogP contribution >= 0.6 is 11.6 Å². The van der Waals surface area contributed by atoms with E-state index in [4.69, 9.17) is 11.6 Å². The average molecular weight is 482 g/mol. The molecule has 1 aliphatic heterocycles. The van der Waals surface area contributed by atoms with E-state index in [2.05, 4.69) is 4.57 Å². The smallest absolute Gasteiger partial charge is 0.247 e. The predicted molar refractivity (Wildman–Crippen MR) is 133 cm³/mol. The molecule has 2 aromatic carbocycles. The average Bonchev–Trinajstić information content (AvgIpc) is 3.31. The van der Waals surface area contributed by atoms with Gasteiger partial charge in [-0.05, 0) is 69.7 Å². The first-order valence-corrected chi connectivity index (χ1v) is 11.9. The first kappa shape index (κ1) is 24.0. The monoisotopic (exact) mass is 481 g/mol. The largest absolute Gasteiger partial charge is 0.330 e. The maximum Gasteiger partial charge on any atom is 0.247 e. The number of amides is 2. The molecule has 0 N–H and O–H groups in total. The van der Waals surface area contributed by atoms with E-state index in [0.717, 1.165) is 22.6 Å². The molecular formula is C27H29ClFN3O2. The summed E-state index contributed by atoms with van der Waals surface area (Å²) in [5.74, 6) is -0.575. The van der Waals surface area contributed by atoms with E-state index < -0.39 is 11.5 Å². The van der Waals surface area contributed by atoms with Crippen molar-refractivity contribution >= 4 is 29.1 Å². The molecule has 0 spiro atoms. The van der Waals surface area contributed by atoms with Gasteiger partial charge in [-0.2, -0.15) is 0 Å². The molecule has 1 aromatic heterocycles. The lowest BCUT2D eigenvalue weighted by atomic mass is 9.93. The molecule has 2 heterocycles. The number of hydrogen-bond acceptors (Lipinski definition) is 2. The number of rotatable bonds is 6. The molecule has 178 valence electrons. The highest BCUT2D eigenvalue weighted by atomic mass is 35.5. The zero-order valence-corrected chi connectivity index (χ0v) is 20.6. The molecule has 1 atom stereocenters. The Balaban J connectivity index is 1.81. The summed E-state index contributed by atoms with van der Waals surface area (Å²) in [6.07, 6.45) is 1.96. The Labute approximate surface area is 204 Å². The van der Waals surface area contributed by atoms with Crippen molar-refractivity contribution in [1.29, 1.82) is 0 Å². The summed E-state index contributed by atoms with van der Waals surface area (Å²) in [7, 11) is 0. The zero-order valence-electron chi connectivity index (χ0n) is 19.8. The van der Waals surface area contributed by atoms with Gasteiger partial charge >= 0.3 is 0 Å². The quantitative estimate of drug-likeness (QED) is 0.433. The summed E-state index contributed by atoms with van der Waals surface area (Å²) in [5, 5.41) is 0. The SMILES string of the molecule is CC(C)N(CC(=O)N1c2ccccc2-n2cccc2C1c1ccc(F)cc1)C(=O)C(C)(C)CCl. The van der Waals surface area contributed by atoms with Crippen LogP contribution in [0, 0.1) is 11.2 Å². The summed E-state index contributed by atoms with van der Waals surface area (Å²) in [6.45, 7) is 7.26. The van der Waals surface area contributed by atoms with Crippen molar-refractivity contribution < 1.29 is 14.0 Å². The highest BCUT2D eigenvalue weighted by Crippen LogP contribution is 2.42. The predicted octanol–water partition coefficient (Wildman–Crippen LogP) is 5.55. The van der Waals surface area contributed by atoms with Crippen LogP contribution in [0.15, 0.2) is 66.9 Å². The van der Waals surface area contributed by atoms with E-state index in [1.54, 1.807) is 35.8 Å². The Morgan fingerprint density at radius 1 is 1.03 bits per heavy atom. The third kappa shape index (κ3) is 4.23. The second-order valence-electron chi connectivity index (χ2n) is 9.55. The van der Waals surface area contributed by atoms with E-state index in [1.807, 2.05) is 56.4 Å². The number of alkyl halides is 1. The normalized spacial score (nSPS) is 15.1. The van der Waals surface area contributed by atoms with Crippen molar-refractivity contribution in [2.45, 2.75) is 39.8 Å². The molecule has 1 unspecified atom stereocenters. The minimum Gasteiger partial charge on any atom is -0.330 e. The summed E-state index contributed by atoms with van der Waals surface area (Å²) < 4.78 is 15.8. The maximum absolute atomic E-state index is 14.0. The van der Waals surface area contributed by atoms with E-state index in [0.29, 0.717) is 0 Å². The summed E-state index contributed by atoms with van der Waals surface area (Å²) in [6, 6.07) is 17.1. The van der Waals surface area contributed by atoms with Gasteiger partial charge < -0.3 is 9.47 Å². The van der Waals surface area contributed by atoms with Crippen molar-refractivity contribution in [3.05, 3.63) is 83.9 Å². The number of benzene rings is 2. The number of aromatic nitrogens is 1. The molecule has 5 nitrogen and oxygen atoms in total. The van der Waals surface area contributed by atoms with Crippen molar-refractivity contribution in [3.63, 3.8) is 0 Å². The fourth-order valence-electron chi connectivity index (χ4n) is 4.38. The standard InChI is InChI=1S/C27H29ClFN3O2/c1-18(2)31(26(34)27(3,4)17-28)16-24(33)32-22-9-6-5-8-21(22)30-15-7-10-23(30)25(32)19-11-13-20(29)14-12-19/h5-15,18,25H,16-17H2,1-4H3. The molecule has 0 saturated heterocycles. The lowest BCUT2D eigenvalue weighted by molar-refractivity contribution is -0.144. The number of carbonyl (C=O) groups is 2. The molecule has 2 amide bonds. The van der Waals surface area contributed by atoms with Crippen LogP contribution in [0.5, 0.6) is 0 Å². The van der Waals surface area contributed by atoms with Crippen LogP contribution in [0.2, 0.25) is 0 Å². The van der Waals surface area contributed by atoms with Crippen LogP contribution < -0.4 is 4.90 Å². The summed E-state index contributed by atoms with van der Waals surface area (Å²) >= 11 is 6.07. The molecule has 4 rings (SSSR count). The van der Waals surface area contributed by atoms with Crippen LogP contribution in [0.3, 0.4) is 0 Å². The third-order valence-electron chi connectivity index (χ3n) is 6.28. The van der Waals surface area contributed by atoms with Gasteiger partial charge in [0, 0.05) is 18.1 Å². The van der Waals surface area contributed by atoms with Crippen molar-refractivity contribution in [2.24, 2.45) is 5.41 Å². The van der Waals surface area contributed by atoms with Gasteiger partial charge in [0.1, 0.15) is 18.4 Å². The number of para-hydroxylation sites is 2. The van der Waals surface area contributed by atoms with Gasteiger partial charge in [-0.15, -0.1) is 11.6 Å².